The third-order valence-corrected chi connectivity index (χ3v) is 2.48. The van der Waals surface area contributed by atoms with Gasteiger partial charge in [-0.2, -0.15) is 0 Å². The summed E-state index contributed by atoms with van der Waals surface area (Å²) in [4.78, 5) is 21.9. The lowest BCUT2D eigenvalue weighted by molar-refractivity contribution is -0.142. The number of esters is 2. The van der Waals surface area contributed by atoms with Crippen molar-refractivity contribution in [1.29, 1.82) is 0 Å². The SMILES string of the molecule is COC(=O)CN(Cl)c1ccccc1COC(C)=O. The second-order valence-electron chi connectivity index (χ2n) is 3.51. The van der Waals surface area contributed by atoms with E-state index in [-0.39, 0.29) is 19.1 Å². The molecule has 0 saturated heterocycles. The van der Waals surface area contributed by atoms with Gasteiger partial charge < -0.3 is 9.47 Å². The van der Waals surface area contributed by atoms with Crippen LogP contribution in [0, 0.1) is 0 Å². The third kappa shape index (κ3) is 4.25. The van der Waals surface area contributed by atoms with E-state index in [4.69, 9.17) is 16.5 Å². The minimum atomic E-state index is -0.452. The van der Waals surface area contributed by atoms with Crippen molar-refractivity contribution in [2.75, 3.05) is 18.1 Å². The first-order valence-corrected chi connectivity index (χ1v) is 5.59. The van der Waals surface area contributed by atoms with Crippen LogP contribution in [-0.4, -0.2) is 25.6 Å². The first kappa shape index (κ1) is 14.3. The predicted octanol–water partition coefficient (Wildman–Crippen LogP) is 1.88. The molecule has 1 rings (SSSR count). The molecule has 0 amide bonds. The van der Waals surface area contributed by atoms with Crippen LogP contribution in [0.3, 0.4) is 0 Å². The number of methoxy groups -OCH3 is 1. The van der Waals surface area contributed by atoms with Gasteiger partial charge in [0.25, 0.3) is 0 Å². The topological polar surface area (TPSA) is 55.8 Å². The molecule has 0 unspecified atom stereocenters. The Labute approximate surface area is 110 Å². The fourth-order valence-electron chi connectivity index (χ4n) is 1.31. The molecule has 0 bridgehead atoms. The lowest BCUT2D eigenvalue weighted by Gasteiger charge is -2.17. The predicted molar refractivity (Wildman–Crippen MR) is 67.1 cm³/mol. The summed E-state index contributed by atoms with van der Waals surface area (Å²) in [5, 5.41) is 0. The van der Waals surface area contributed by atoms with Crippen LogP contribution in [0.15, 0.2) is 24.3 Å². The van der Waals surface area contributed by atoms with E-state index in [0.29, 0.717) is 11.3 Å². The van der Waals surface area contributed by atoms with Gasteiger partial charge in [-0.05, 0) is 6.07 Å². The van der Waals surface area contributed by atoms with Gasteiger partial charge in [0, 0.05) is 24.3 Å². The first-order chi connectivity index (χ1) is 8.54. The third-order valence-electron chi connectivity index (χ3n) is 2.18. The van der Waals surface area contributed by atoms with E-state index >= 15 is 0 Å². The zero-order valence-corrected chi connectivity index (χ0v) is 10.9. The summed E-state index contributed by atoms with van der Waals surface area (Å²) in [6.45, 7) is 1.35. The van der Waals surface area contributed by atoms with E-state index in [0.717, 1.165) is 0 Å². The Morgan fingerprint density at radius 2 is 2.00 bits per heavy atom. The molecule has 0 aliphatic heterocycles. The quantitative estimate of drug-likeness (QED) is 0.605. The zero-order chi connectivity index (χ0) is 13.5. The maximum Gasteiger partial charge on any atom is 0.326 e. The molecule has 0 atom stereocenters. The molecule has 18 heavy (non-hydrogen) atoms. The summed E-state index contributed by atoms with van der Waals surface area (Å²) in [6, 6.07) is 7.07. The highest BCUT2D eigenvalue weighted by Crippen LogP contribution is 2.22. The van der Waals surface area contributed by atoms with Gasteiger partial charge in [-0.15, -0.1) is 0 Å². The maximum atomic E-state index is 11.1. The average Bonchev–Trinajstić information content (AvgIpc) is 2.36. The standard InChI is InChI=1S/C12H14ClNO4/c1-9(15)18-8-10-5-3-4-6-11(10)14(13)7-12(16)17-2/h3-6H,7-8H2,1-2H3. The van der Waals surface area contributed by atoms with Gasteiger partial charge in [0.1, 0.15) is 13.2 Å². The molecule has 0 saturated carbocycles. The van der Waals surface area contributed by atoms with Gasteiger partial charge in [0.05, 0.1) is 12.8 Å². The Kier molecular flexibility index (Phi) is 5.45. The minimum absolute atomic E-state index is 0.0882. The van der Waals surface area contributed by atoms with Crippen LogP contribution in [0.2, 0.25) is 0 Å². The molecule has 98 valence electrons. The summed E-state index contributed by atoms with van der Waals surface area (Å²) in [7, 11) is 1.29. The zero-order valence-electron chi connectivity index (χ0n) is 10.2. The fourth-order valence-corrected chi connectivity index (χ4v) is 1.57. The van der Waals surface area contributed by atoms with Crippen molar-refractivity contribution in [3.8, 4) is 0 Å². The number of anilines is 1. The van der Waals surface area contributed by atoms with Crippen molar-refractivity contribution in [3.63, 3.8) is 0 Å². The highest BCUT2D eigenvalue weighted by atomic mass is 35.5. The molecule has 6 heteroatoms. The normalized spacial score (nSPS) is 9.72. The molecule has 0 aliphatic carbocycles. The summed E-state index contributed by atoms with van der Waals surface area (Å²) < 4.78 is 10.7. The van der Waals surface area contributed by atoms with Crippen LogP contribution in [0.1, 0.15) is 12.5 Å². The monoisotopic (exact) mass is 271 g/mol. The van der Waals surface area contributed by atoms with Gasteiger partial charge in [0.2, 0.25) is 0 Å². The van der Waals surface area contributed by atoms with Crippen LogP contribution in [0.25, 0.3) is 0 Å². The summed E-state index contributed by atoms with van der Waals surface area (Å²) in [5.41, 5.74) is 1.32. The molecular formula is C12H14ClNO4. The largest absolute Gasteiger partial charge is 0.468 e. The van der Waals surface area contributed by atoms with Crippen LogP contribution < -0.4 is 4.42 Å². The smallest absolute Gasteiger partial charge is 0.326 e. The Hall–Kier alpha value is -1.75. The van der Waals surface area contributed by atoms with Crippen LogP contribution >= 0.6 is 11.8 Å². The van der Waals surface area contributed by atoms with Crippen molar-refractivity contribution in [2.24, 2.45) is 0 Å². The lowest BCUT2D eigenvalue weighted by Crippen LogP contribution is -2.22. The van der Waals surface area contributed by atoms with Gasteiger partial charge in [-0.1, -0.05) is 18.2 Å². The van der Waals surface area contributed by atoms with Crippen LogP contribution in [0.5, 0.6) is 0 Å². The first-order valence-electron chi connectivity index (χ1n) is 5.26. The molecule has 0 heterocycles. The van der Waals surface area contributed by atoms with Crippen molar-refractivity contribution >= 4 is 29.4 Å². The van der Waals surface area contributed by atoms with Crippen LogP contribution in [-0.2, 0) is 25.7 Å². The molecule has 0 N–H and O–H groups in total. The number of rotatable bonds is 5. The van der Waals surface area contributed by atoms with Gasteiger partial charge in [-0.3, -0.25) is 14.0 Å². The van der Waals surface area contributed by atoms with E-state index in [2.05, 4.69) is 4.74 Å². The van der Waals surface area contributed by atoms with Gasteiger partial charge >= 0.3 is 11.9 Å². The highest BCUT2D eigenvalue weighted by molar-refractivity contribution is 6.27. The molecule has 1 aromatic carbocycles. The van der Waals surface area contributed by atoms with Gasteiger partial charge in [-0.25, -0.2) is 0 Å². The minimum Gasteiger partial charge on any atom is -0.468 e. The van der Waals surface area contributed by atoms with Crippen molar-refractivity contribution < 1.29 is 19.1 Å². The Bertz CT molecular complexity index is 436. The number of nitrogens with zero attached hydrogens (tertiary/aromatic N) is 1. The Balaban J connectivity index is 2.80. The number of benzene rings is 1. The highest BCUT2D eigenvalue weighted by Gasteiger charge is 2.13. The number of carbonyl (C=O) groups excluding carboxylic acids is 2. The molecule has 0 aromatic heterocycles. The molecule has 1 aromatic rings. The molecule has 0 spiro atoms. The van der Waals surface area contributed by atoms with Gasteiger partial charge in [0.15, 0.2) is 0 Å². The van der Waals surface area contributed by atoms with Crippen molar-refractivity contribution in [1.82, 2.24) is 0 Å². The number of carbonyl (C=O) groups is 2. The Morgan fingerprint density at radius 1 is 1.33 bits per heavy atom. The molecule has 5 nitrogen and oxygen atoms in total. The average molecular weight is 272 g/mol. The summed E-state index contributed by atoms with van der Waals surface area (Å²) in [6.07, 6.45) is 0. The number of ether oxygens (including phenoxy) is 2. The van der Waals surface area contributed by atoms with Crippen LogP contribution in [0.4, 0.5) is 5.69 Å². The van der Waals surface area contributed by atoms with E-state index < -0.39 is 5.97 Å². The molecule has 0 radical (unpaired) electrons. The molecular weight excluding hydrogens is 258 g/mol. The second-order valence-corrected chi connectivity index (χ2v) is 3.91. The lowest BCUT2D eigenvalue weighted by atomic mass is 10.2. The van der Waals surface area contributed by atoms with E-state index in [1.165, 1.54) is 18.5 Å². The number of halogens is 1. The molecule has 0 fully saturated rings. The Morgan fingerprint density at radius 3 is 2.61 bits per heavy atom. The van der Waals surface area contributed by atoms with E-state index in [1.54, 1.807) is 24.3 Å². The number of hydrogen-bond donors (Lipinski definition) is 0. The van der Waals surface area contributed by atoms with Crippen molar-refractivity contribution in [2.45, 2.75) is 13.5 Å². The molecule has 0 aliphatic rings. The van der Waals surface area contributed by atoms with E-state index in [1.807, 2.05) is 0 Å². The number of para-hydroxylation sites is 1. The maximum absolute atomic E-state index is 11.1. The second kappa shape index (κ2) is 6.86. The fraction of sp³-hybridized carbons (Fsp3) is 0.333. The van der Waals surface area contributed by atoms with E-state index in [9.17, 15) is 9.59 Å². The van der Waals surface area contributed by atoms with Crippen molar-refractivity contribution in [3.05, 3.63) is 29.8 Å². The number of hydrogen-bond acceptors (Lipinski definition) is 5. The summed E-state index contributed by atoms with van der Waals surface area (Å²) >= 11 is 5.99. The summed E-state index contributed by atoms with van der Waals surface area (Å²) in [5.74, 6) is -0.828.